The molecule has 5 heteroatoms. The molecule has 0 saturated carbocycles. The lowest BCUT2D eigenvalue weighted by Gasteiger charge is -2.18. The summed E-state index contributed by atoms with van der Waals surface area (Å²) in [4.78, 5) is 4.58. The number of rotatable bonds is 12. The largest absolute Gasteiger partial charge is 0.382 e. The average molecular weight is 301 g/mol. The van der Waals surface area contributed by atoms with Crippen molar-refractivity contribution < 1.29 is 9.47 Å². The first-order valence-electron chi connectivity index (χ1n) is 8.21. The van der Waals surface area contributed by atoms with E-state index in [1.54, 1.807) is 7.11 Å². The lowest BCUT2D eigenvalue weighted by atomic mass is 10.0. The van der Waals surface area contributed by atoms with Crippen LogP contribution in [0.2, 0.25) is 0 Å². The Morgan fingerprint density at radius 3 is 2.48 bits per heavy atom. The number of nitrogens with one attached hydrogen (secondary N) is 2. The summed E-state index contributed by atoms with van der Waals surface area (Å²) in [5.41, 5.74) is 0. The van der Waals surface area contributed by atoms with Crippen LogP contribution < -0.4 is 10.6 Å². The van der Waals surface area contributed by atoms with Crippen molar-refractivity contribution in [1.82, 2.24) is 10.6 Å². The molecule has 0 radical (unpaired) electrons. The topological polar surface area (TPSA) is 54.9 Å². The van der Waals surface area contributed by atoms with E-state index in [4.69, 9.17) is 9.47 Å². The molecule has 0 rings (SSSR count). The molecule has 0 amide bonds. The maximum atomic E-state index is 5.43. The minimum Gasteiger partial charge on any atom is -0.382 e. The highest BCUT2D eigenvalue weighted by Crippen LogP contribution is 2.06. The molecule has 1 atom stereocenters. The van der Waals surface area contributed by atoms with Crippen LogP contribution in [-0.4, -0.2) is 52.0 Å². The number of aliphatic imine (C=N–C) groups is 1. The normalized spacial score (nSPS) is 13.5. The van der Waals surface area contributed by atoms with Crippen LogP contribution in [0, 0.1) is 5.92 Å². The number of ether oxygens (including phenoxy) is 2. The highest BCUT2D eigenvalue weighted by atomic mass is 16.5. The van der Waals surface area contributed by atoms with Gasteiger partial charge in [0.05, 0.1) is 13.2 Å². The van der Waals surface area contributed by atoms with Crippen molar-refractivity contribution in [3.8, 4) is 0 Å². The van der Waals surface area contributed by atoms with E-state index in [-0.39, 0.29) is 0 Å². The zero-order chi connectivity index (χ0) is 15.9. The number of hydrogen-bond donors (Lipinski definition) is 2. The molecule has 2 N–H and O–H groups in total. The van der Waals surface area contributed by atoms with Crippen LogP contribution in [0.15, 0.2) is 4.99 Å². The SMILES string of the molecule is CCNC(=NCCCOCCOC)NC(C)CCC(C)C. The second kappa shape index (κ2) is 14.1. The van der Waals surface area contributed by atoms with Crippen LogP contribution in [0.4, 0.5) is 0 Å². The van der Waals surface area contributed by atoms with Gasteiger partial charge in [-0.2, -0.15) is 0 Å². The molecular formula is C16H35N3O2. The highest BCUT2D eigenvalue weighted by molar-refractivity contribution is 5.79. The van der Waals surface area contributed by atoms with Gasteiger partial charge in [-0.15, -0.1) is 0 Å². The van der Waals surface area contributed by atoms with E-state index in [9.17, 15) is 0 Å². The maximum Gasteiger partial charge on any atom is 0.191 e. The molecule has 0 bridgehead atoms. The van der Waals surface area contributed by atoms with Gasteiger partial charge in [0.15, 0.2) is 5.96 Å². The van der Waals surface area contributed by atoms with Gasteiger partial charge in [-0.05, 0) is 39.0 Å². The molecule has 21 heavy (non-hydrogen) atoms. The monoisotopic (exact) mass is 301 g/mol. The second-order valence-electron chi connectivity index (χ2n) is 5.74. The minimum atomic E-state index is 0.447. The van der Waals surface area contributed by atoms with Crippen LogP contribution >= 0.6 is 0 Å². The van der Waals surface area contributed by atoms with Crippen molar-refractivity contribution in [3.05, 3.63) is 0 Å². The number of methoxy groups -OCH3 is 1. The fourth-order valence-electron chi connectivity index (χ4n) is 1.81. The van der Waals surface area contributed by atoms with Gasteiger partial charge in [0, 0.05) is 32.8 Å². The zero-order valence-electron chi connectivity index (χ0n) is 14.6. The van der Waals surface area contributed by atoms with Crippen LogP contribution in [0.25, 0.3) is 0 Å². The molecule has 0 spiro atoms. The molecule has 0 aromatic rings. The second-order valence-corrected chi connectivity index (χ2v) is 5.74. The maximum absolute atomic E-state index is 5.43. The van der Waals surface area contributed by atoms with Crippen molar-refractivity contribution in [2.24, 2.45) is 10.9 Å². The van der Waals surface area contributed by atoms with Gasteiger partial charge >= 0.3 is 0 Å². The standard InChI is InChI=1S/C16H35N3O2/c1-6-17-16(19-15(4)9-8-14(2)3)18-10-7-11-21-13-12-20-5/h14-15H,6-13H2,1-5H3,(H2,17,18,19). The van der Waals surface area contributed by atoms with Gasteiger partial charge in [-0.25, -0.2) is 0 Å². The van der Waals surface area contributed by atoms with Gasteiger partial charge < -0.3 is 20.1 Å². The van der Waals surface area contributed by atoms with Gasteiger partial charge in [0.25, 0.3) is 0 Å². The predicted molar refractivity (Wildman–Crippen MR) is 90.0 cm³/mol. The third kappa shape index (κ3) is 13.9. The molecular weight excluding hydrogens is 266 g/mol. The van der Waals surface area contributed by atoms with Crippen molar-refractivity contribution in [2.45, 2.75) is 53.0 Å². The molecule has 0 saturated heterocycles. The van der Waals surface area contributed by atoms with E-state index >= 15 is 0 Å². The lowest BCUT2D eigenvalue weighted by Crippen LogP contribution is -2.42. The first-order chi connectivity index (χ1) is 10.1. The molecule has 126 valence electrons. The molecule has 0 heterocycles. The minimum absolute atomic E-state index is 0.447. The molecule has 0 aliphatic rings. The highest BCUT2D eigenvalue weighted by Gasteiger charge is 2.05. The smallest absolute Gasteiger partial charge is 0.191 e. The number of guanidine groups is 1. The summed E-state index contributed by atoms with van der Waals surface area (Å²) in [6.45, 7) is 12.5. The summed E-state index contributed by atoms with van der Waals surface area (Å²) < 4.78 is 10.4. The quantitative estimate of drug-likeness (QED) is 0.330. The molecule has 0 aromatic carbocycles. The van der Waals surface area contributed by atoms with Crippen LogP contribution in [0.1, 0.15) is 47.0 Å². The summed E-state index contributed by atoms with van der Waals surface area (Å²) >= 11 is 0. The van der Waals surface area contributed by atoms with E-state index in [2.05, 4.69) is 43.3 Å². The van der Waals surface area contributed by atoms with Gasteiger partial charge in [0.2, 0.25) is 0 Å². The first kappa shape index (κ1) is 20.2. The van der Waals surface area contributed by atoms with E-state index in [0.717, 1.165) is 38.0 Å². The Bertz CT molecular complexity index is 258. The fraction of sp³-hybridized carbons (Fsp3) is 0.938. The molecule has 0 aliphatic carbocycles. The predicted octanol–water partition coefficient (Wildman–Crippen LogP) is 2.42. The summed E-state index contributed by atoms with van der Waals surface area (Å²) in [6.07, 6.45) is 3.34. The summed E-state index contributed by atoms with van der Waals surface area (Å²) in [6, 6.07) is 0.447. The third-order valence-corrected chi connectivity index (χ3v) is 3.05. The van der Waals surface area contributed by atoms with E-state index in [1.165, 1.54) is 12.8 Å². The Morgan fingerprint density at radius 1 is 1.10 bits per heavy atom. The van der Waals surface area contributed by atoms with E-state index in [1.807, 2.05) is 0 Å². The molecule has 5 nitrogen and oxygen atoms in total. The Kier molecular flexibility index (Phi) is 13.6. The van der Waals surface area contributed by atoms with Crippen LogP contribution in [0.3, 0.4) is 0 Å². The molecule has 0 fully saturated rings. The van der Waals surface area contributed by atoms with Gasteiger partial charge in [-0.1, -0.05) is 13.8 Å². The number of nitrogens with zero attached hydrogens (tertiary/aromatic N) is 1. The summed E-state index contributed by atoms with van der Waals surface area (Å²) in [7, 11) is 1.68. The summed E-state index contributed by atoms with van der Waals surface area (Å²) in [5, 5.41) is 6.75. The third-order valence-electron chi connectivity index (χ3n) is 3.05. The van der Waals surface area contributed by atoms with E-state index in [0.29, 0.717) is 19.3 Å². The Hall–Kier alpha value is -0.810. The molecule has 1 unspecified atom stereocenters. The molecule has 0 aromatic heterocycles. The van der Waals surface area contributed by atoms with Crippen LogP contribution in [0.5, 0.6) is 0 Å². The van der Waals surface area contributed by atoms with Crippen molar-refractivity contribution >= 4 is 5.96 Å². The fourth-order valence-corrected chi connectivity index (χ4v) is 1.81. The Morgan fingerprint density at radius 2 is 1.86 bits per heavy atom. The van der Waals surface area contributed by atoms with Crippen molar-refractivity contribution in [3.63, 3.8) is 0 Å². The average Bonchev–Trinajstić information content (AvgIpc) is 2.44. The van der Waals surface area contributed by atoms with E-state index < -0.39 is 0 Å². The first-order valence-corrected chi connectivity index (χ1v) is 8.21. The van der Waals surface area contributed by atoms with Gasteiger partial charge in [0.1, 0.15) is 0 Å². The lowest BCUT2D eigenvalue weighted by molar-refractivity contribution is 0.0702. The number of hydrogen-bond acceptors (Lipinski definition) is 3. The Balaban J connectivity index is 3.89. The zero-order valence-corrected chi connectivity index (χ0v) is 14.6. The summed E-state index contributed by atoms with van der Waals surface area (Å²) in [5.74, 6) is 1.66. The van der Waals surface area contributed by atoms with Crippen molar-refractivity contribution in [2.75, 3.05) is 40.0 Å². The van der Waals surface area contributed by atoms with Gasteiger partial charge in [-0.3, -0.25) is 4.99 Å². The van der Waals surface area contributed by atoms with Crippen LogP contribution in [-0.2, 0) is 9.47 Å². The Labute approximate surface area is 130 Å². The van der Waals surface area contributed by atoms with Crippen molar-refractivity contribution in [1.29, 1.82) is 0 Å². The molecule has 0 aliphatic heterocycles.